The molecule has 0 radical (unpaired) electrons. The van der Waals surface area contributed by atoms with Gasteiger partial charge in [-0.25, -0.2) is 4.79 Å². The van der Waals surface area contributed by atoms with Crippen molar-refractivity contribution in [3.8, 4) is 0 Å². The largest absolute Gasteiger partial charge is 0.444 e. The highest BCUT2D eigenvalue weighted by molar-refractivity contribution is 5.95. The van der Waals surface area contributed by atoms with Crippen molar-refractivity contribution in [1.82, 2.24) is 10.2 Å². The second-order valence-electron chi connectivity index (χ2n) is 7.83. The molecule has 0 spiro atoms. The van der Waals surface area contributed by atoms with Gasteiger partial charge in [0.05, 0.1) is 0 Å². The minimum absolute atomic E-state index is 0.102. The number of carbonyl (C=O) groups is 2. The summed E-state index contributed by atoms with van der Waals surface area (Å²) in [7, 11) is 0. The van der Waals surface area contributed by atoms with Crippen LogP contribution in [0.25, 0.3) is 0 Å². The van der Waals surface area contributed by atoms with Gasteiger partial charge in [-0.05, 0) is 64.7 Å². The summed E-state index contributed by atoms with van der Waals surface area (Å²) >= 11 is 0. The number of amides is 1. The molecule has 138 valence electrons. The molecule has 1 aromatic rings. The summed E-state index contributed by atoms with van der Waals surface area (Å²) in [6.07, 6.45) is 1.59. The molecule has 1 aliphatic heterocycles. The van der Waals surface area contributed by atoms with Crippen LogP contribution in [-0.4, -0.2) is 41.5 Å². The first-order valence-corrected chi connectivity index (χ1v) is 8.97. The number of likely N-dealkylation sites (tertiary alicyclic amines) is 1. The van der Waals surface area contributed by atoms with Crippen LogP contribution in [0.15, 0.2) is 18.2 Å². The highest BCUT2D eigenvalue weighted by Gasteiger charge is 2.26. The van der Waals surface area contributed by atoms with Gasteiger partial charge in [-0.1, -0.05) is 12.1 Å². The quantitative estimate of drug-likeness (QED) is 0.845. The number of aryl methyl sites for hydroxylation is 1. The summed E-state index contributed by atoms with van der Waals surface area (Å²) in [5.41, 5.74) is 2.47. The predicted octanol–water partition coefficient (Wildman–Crippen LogP) is 3.69. The van der Waals surface area contributed by atoms with Crippen molar-refractivity contribution in [2.24, 2.45) is 0 Å². The SMILES string of the molecule is CC(=O)c1cc(CNC2CCN(C(=O)OC(C)(C)C)CC2)ccc1C. The van der Waals surface area contributed by atoms with Gasteiger partial charge in [0, 0.05) is 31.2 Å². The van der Waals surface area contributed by atoms with Crippen LogP contribution in [0, 0.1) is 6.92 Å². The maximum atomic E-state index is 12.1. The molecule has 0 unspecified atom stereocenters. The first-order chi connectivity index (χ1) is 11.7. The second-order valence-corrected chi connectivity index (χ2v) is 7.83. The van der Waals surface area contributed by atoms with Crippen molar-refractivity contribution in [1.29, 1.82) is 0 Å². The highest BCUT2D eigenvalue weighted by Crippen LogP contribution is 2.17. The number of Topliss-reactive ketones (excluding diaryl/α,β-unsaturated/α-hetero) is 1. The third-order valence-corrected chi connectivity index (χ3v) is 4.42. The lowest BCUT2D eigenvalue weighted by Gasteiger charge is -2.33. The summed E-state index contributed by atoms with van der Waals surface area (Å²) in [4.78, 5) is 25.5. The van der Waals surface area contributed by atoms with Gasteiger partial charge in [0.1, 0.15) is 5.60 Å². The molecular weight excluding hydrogens is 316 g/mol. The van der Waals surface area contributed by atoms with Crippen LogP contribution in [0.2, 0.25) is 0 Å². The molecule has 1 aliphatic rings. The Balaban J connectivity index is 1.82. The van der Waals surface area contributed by atoms with E-state index in [1.165, 1.54) is 0 Å². The summed E-state index contributed by atoms with van der Waals surface area (Å²) < 4.78 is 5.42. The first kappa shape index (κ1) is 19.4. The van der Waals surface area contributed by atoms with Gasteiger partial charge in [-0.3, -0.25) is 4.79 Å². The molecule has 0 aliphatic carbocycles. The van der Waals surface area contributed by atoms with Crippen LogP contribution < -0.4 is 5.32 Å². The van der Waals surface area contributed by atoms with Gasteiger partial charge in [-0.2, -0.15) is 0 Å². The average Bonchev–Trinajstić information content (AvgIpc) is 2.52. The van der Waals surface area contributed by atoms with Crippen LogP contribution in [0.4, 0.5) is 4.79 Å². The Kier molecular flexibility index (Phi) is 6.22. The molecule has 0 aromatic heterocycles. The van der Waals surface area contributed by atoms with Crippen LogP contribution in [0.3, 0.4) is 0 Å². The number of nitrogens with zero attached hydrogens (tertiary/aromatic N) is 1. The fourth-order valence-corrected chi connectivity index (χ4v) is 3.01. The zero-order valence-electron chi connectivity index (χ0n) is 16.0. The molecule has 1 heterocycles. The Morgan fingerprint density at radius 1 is 1.24 bits per heavy atom. The normalized spacial score (nSPS) is 16.0. The minimum Gasteiger partial charge on any atom is -0.444 e. The lowest BCUT2D eigenvalue weighted by Crippen LogP contribution is -2.46. The van der Waals surface area contributed by atoms with Gasteiger partial charge in [0.15, 0.2) is 5.78 Å². The smallest absolute Gasteiger partial charge is 0.410 e. The molecule has 1 N–H and O–H groups in total. The first-order valence-electron chi connectivity index (χ1n) is 8.97. The molecule has 5 heteroatoms. The number of carbonyl (C=O) groups excluding carboxylic acids is 2. The van der Waals surface area contributed by atoms with Gasteiger partial charge >= 0.3 is 6.09 Å². The molecule has 2 rings (SSSR count). The molecule has 0 atom stereocenters. The van der Waals surface area contributed by atoms with E-state index in [2.05, 4.69) is 11.4 Å². The van der Waals surface area contributed by atoms with E-state index in [1.54, 1.807) is 11.8 Å². The molecule has 1 saturated heterocycles. The molecule has 5 nitrogen and oxygen atoms in total. The van der Waals surface area contributed by atoms with E-state index >= 15 is 0 Å². The van der Waals surface area contributed by atoms with Crippen LogP contribution >= 0.6 is 0 Å². The van der Waals surface area contributed by atoms with Crippen LogP contribution in [0.1, 0.15) is 62.0 Å². The number of rotatable bonds is 4. The Morgan fingerprint density at radius 2 is 1.88 bits per heavy atom. The van der Waals surface area contributed by atoms with Crippen LogP contribution in [-0.2, 0) is 11.3 Å². The fraction of sp³-hybridized carbons (Fsp3) is 0.600. The standard InChI is InChI=1S/C20H30N2O3/c1-14-6-7-16(12-18(14)15(2)23)13-21-17-8-10-22(11-9-17)19(24)25-20(3,4)5/h6-7,12,17,21H,8-11,13H2,1-5H3. The zero-order chi connectivity index (χ0) is 18.6. The Morgan fingerprint density at radius 3 is 2.44 bits per heavy atom. The third kappa shape index (κ3) is 5.85. The second kappa shape index (κ2) is 8.00. The van der Waals surface area contributed by atoms with Gasteiger partial charge in [-0.15, -0.1) is 0 Å². The molecule has 0 saturated carbocycles. The summed E-state index contributed by atoms with van der Waals surface area (Å²) in [6, 6.07) is 6.41. The third-order valence-electron chi connectivity index (χ3n) is 4.42. The number of hydrogen-bond acceptors (Lipinski definition) is 4. The highest BCUT2D eigenvalue weighted by atomic mass is 16.6. The van der Waals surface area contributed by atoms with Crippen molar-refractivity contribution in [2.45, 2.75) is 65.6 Å². The van der Waals surface area contributed by atoms with Gasteiger partial charge in [0.2, 0.25) is 0 Å². The van der Waals surface area contributed by atoms with Crippen molar-refractivity contribution in [3.63, 3.8) is 0 Å². The van der Waals surface area contributed by atoms with E-state index in [0.717, 1.165) is 36.1 Å². The van der Waals surface area contributed by atoms with E-state index < -0.39 is 5.60 Å². The predicted molar refractivity (Wildman–Crippen MR) is 98.9 cm³/mol. The lowest BCUT2D eigenvalue weighted by atomic mass is 10.0. The van der Waals surface area contributed by atoms with E-state index in [0.29, 0.717) is 19.1 Å². The Bertz CT molecular complexity index is 626. The average molecular weight is 346 g/mol. The lowest BCUT2D eigenvalue weighted by molar-refractivity contribution is 0.0198. The molecule has 1 amide bonds. The summed E-state index contributed by atoms with van der Waals surface area (Å²) in [5, 5.41) is 3.54. The van der Waals surface area contributed by atoms with Crippen molar-refractivity contribution < 1.29 is 14.3 Å². The number of hydrogen-bond donors (Lipinski definition) is 1. The van der Waals surface area contributed by atoms with Gasteiger partial charge in [0.25, 0.3) is 0 Å². The number of ketones is 1. The zero-order valence-corrected chi connectivity index (χ0v) is 16.0. The Hall–Kier alpha value is -1.88. The van der Waals surface area contributed by atoms with Gasteiger partial charge < -0.3 is 15.0 Å². The molecule has 1 aromatic carbocycles. The van der Waals surface area contributed by atoms with Crippen molar-refractivity contribution in [2.75, 3.05) is 13.1 Å². The summed E-state index contributed by atoms with van der Waals surface area (Å²) in [6.45, 7) is 11.4. The monoisotopic (exact) mass is 346 g/mol. The molecule has 1 fully saturated rings. The molecule has 0 bridgehead atoms. The number of ether oxygens (including phenoxy) is 1. The molecular formula is C20H30N2O3. The maximum absolute atomic E-state index is 12.1. The van der Waals surface area contributed by atoms with E-state index in [1.807, 2.05) is 39.8 Å². The van der Waals surface area contributed by atoms with Crippen molar-refractivity contribution >= 4 is 11.9 Å². The minimum atomic E-state index is -0.452. The van der Waals surface area contributed by atoms with Crippen LogP contribution in [0.5, 0.6) is 0 Å². The van der Waals surface area contributed by atoms with E-state index in [9.17, 15) is 9.59 Å². The fourth-order valence-electron chi connectivity index (χ4n) is 3.01. The Labute approximate surface area is 150 Å². The summed E-state index contributed by atoms with van der Waals surface area (Å²) in [5.74, 6) is 0.102. The number of piperidine rings is 1. The van der Waals surface area contributed by atoms with E-state index in [4.69, 9.17) is 4.74 Å². The number of benzene rings is 1. The van der Waals surface area contributed by atoms with E-state index in [-0.39, 0.29) is 11.9 Å². The van der Waals surface area contributed by atoms with Crippen molar-refractivity contribution in [3.05, 3.63) is 34.9 Å². The maximum Gasteiger partial charge on any atom is 0.410 e. The molecule has 25 heavy (non-hydrogen) atoms. The topological polar surface area (TPSA) is 58.6 Å². The number of nitrogens with one attached hydrogen (secondary N) is 1.